The normalized spacial score (nSPS) is 10.9. The first-order chi connectivity index (χ1) is 13.2. The number of rotatable bonds is 6. The van der Waals surface area contributed by atoms with Gasteiger partial charge in [0, 0.05) is 29.1 Å². The van der Waals surface area contributed by atoms with E-state index in [1.165, 1.54) is 10.9 Å². The zero-order chi connectivity index (χ0) is 18.6. The number of nitrogens with zero attached hydrogens (tertiary/aromatic N) is 2. The van der Waals surface area contributed by atoms with Crippen molar-refractivity contribution in [2.75, 3.05) is 12.4 Å². The molecule has 0 bridgehead atoms. The number of hydrogen-bond acceptors (Lipinski definition) is 4. The Morgan fingerprint density at radius 2 is 1.93 bits per heavy atom. The van der Waals surface area contributed by atoms with Gasteiger partial charge in [0.25, 0.3) is 5.91 Å². The Bertz CT molecular complexity index is 1070. The lowest BCUT2D eigenvalue weighted by Gasteiger charge is -2.02. The Morgan fingerprint density at radius 1 is 1.11 bits per heavy atom. The molecule has 0 radical (unpaired) electrons. The number of aromatic nitrogens is 4. The smallest absolute Gasteiger partial charge is 0.258 e. The summed E-state index contributed by atoms with van der Waals surface area (Å²) in [6.07, 6.45) is 3.55. The van der Waals surface area contributed by atoms with Crippen molar-refractivity contribution in [2.24, 2.45) is 0 Å². The molecule has 136 valence electrons. The summed E-state index contributed by atoms with van der Waals surface area (Å²) in [7, 11) is 1.58. The van der Waals surface area contributed by atoms with E-state index in [1.54, 1.807) is 31.4 Å². The molecule has 0 saturated heterocycles. The third kappa shape index (κ3) is 3.67. The first kappa shape index (κ1) is 16.8. The van der Waals surface area contributed by atoms with E-state index in [9.17, 15) is 4.79 Å². The number of anilines is 1. The standard InChI is InChI=1S/C20H19N5O2/c1-27-15-9-6-13(7-10-15)19(26)23-20-22-18(24-25-20)11-8-14-12-21-17-5-3-2-4-16(14)17/h2-7,9-10,12,21H,8,11H2,1H3,(H2,22,23,24,25,26). The highest BCUT2D eigenvalue weighted by Crippen LogP contribution is 2.19. The minimum Gasteiger partial charge on any atom is -0.497 e. The summed E-state index contributed by atoms with van der Waals surface area (Å²) in [6, 6.07) is 15.1. The third-order valence-corrected chi connectivity index (χ3v) is 4.42. The Labute approximate surface area is 155 Å². The molecular formula is C20H19N5O2. The number of aromatic amines is 2. The van der Waals surface area contributed by atoms with Crippen LogP contribution in [0.15, 0.2) is 54.7 Å². The number of methoxy groups -OCH3 is 1. The lowest BCUT2D eigenvalue weighted by molar-refractivity contribution is 0.102. The van der Waals surface area contributed by atoms with Crippen molar-refractivity contribution in [3.05, 3.63) is 71.7 Å². The van der Waals surface area contributed by atoms with Crippen molar-refractivity contribution < 1.29 is 9.53 Å². The number of nitrogens with one attached hydrogen (secondary N) is 3. The maximum atomic E-state index is 12.3. The van der Waals surface area contributed by atoms with E-state index in [1.807, 2.05) is 18.3 Å². The van der Waals surface area contributed by atoms with Crippen molar-refractivity contribution in [2.45, 2.75) is 12.8 Å². The molecule has 4 rings (SSSR count). The van der Waals surface area contributed by atoms with E-state index < -0.39 is 0 Å². The van der Waals surface area contributed by atoms with Gasteiger partial charge in [-0.15, -0.1) is 5.10 Å². The third-order valence-electron chi connectivity index (χ3n) is 4.42. The molecule has 1 amide bonds. The number of carbonyl (C=O) groups is 1. The highest BCUT2D eigenvalue weighted by molar-refractivity contribution is 6.03. The van der Waals surface area contributed by atoms with Crippen LogP contribution in [0.3, 0.4) is 0 Å². The van der Waals surface area contributed by atoms with Crippen molar-refractivity contribution in [3.63, 3.8) is 0 Å². The van der Waals surface area contributed by atoms with Gasteiger partial charge >= 0.3 is 0 Å². The molecule has 4 aromatic rings. The van der Waals surface area contributed by atoms with Crippen LogP contribution in [0.4, 0.5) is 5.95 Å². The highest BCUT2D eigenvalue weighted by atomic mass is 16.5. The average molecular weight is 361 g/mol. The molecule has 2 heterocycles. The summed E-state index contributed by atoms with van der Waals surface area (Å²) in [5.74, 6) is 1.43. The van der Waals surface area contributed by atoms with Gasteiger partial charge in [0.15, 0.2) is 0 Å². The van der Waals surface area contributed by atoms with E-state index in [4.69, 9.17) is 4.74 Å². The molecule has 0 saturated carbocycles. The summed E-state index contributed by atoms with van der Waals surface area (Å²) in [4.78, 5) is 19.9. The summed E-state index contributed by atoms with van der Waals surface area (Å²) in [5.41, 5.74) is 2.87. The predicted molar refractivity (Wildman–Crippen MR) is 103 cm³/mol. The molecule has 0 spiro atoms. The van der Waals surface area contributed by atoms with Crippen LogP contribution >= 0.6 is 0 Å². The van der Waals surface area contributed by atoms with E-state index in [0.717, 1.165) is 17.8 Å². The second-order valence-electron chi connectivity index (χ2n) is 6.15. The molecule has 7 nitrogen and oxygen atoms in total. The fourth-order valence-corrected chi connectivity index (χ4v) is 2.97. The number of aryl methyl sites for hydroxylation is 2. The van der Waals surface area contributed by atoms with Gasteiger partial charge in [-0.25, -0.2) is 0 Å². The van der Waals surface area contributed by atoms with Crippen LogP contribution in [-0.2, 0) is 12.8 Å². The van der Waals surface area contributed by atoms with Gasteiger partial charge in [-0.3, -0.25) is 15.2 Å². The molecule has 0 atom stereocenters. The van der Waals surface area contributed by atoms with Crippen molar-refractivity contribution >= 4 is 22.8 Å². The lowest BCUT2D eigenvalue weighted by atomic mass is 10.1. The zero-order valence-corrected chi connectivity index (χ0v) is 14.8. The molecule has 2 aromatic carbocycles. The first-order valence-corrected chi connectivity index (χ1v) is 8.64. The Morgan fingerprint density at radius 3 is 2.74 bits per heavy atom. The van der Waals surface area contributed by atoms with E-state index in [-0.39, 0.29) is 11.9 Å². The predicted octanol–water partition coefficient (Wildman–Crippen LogP) is 3.33. The molecule has 7 heteroatoms. The van der Waals surface area contributed by atoms with Gasteiger partial charge in [-0.1, -0.05) is 18.2 Å². The molecule has 0 aliphatic rings. The fourth-order valence-electron chi connectivity index (χ4n) is 2.97. The number of carbonyl (C=O) groups excluding carboxylic acids is 1. The molecule has 27 heavy (non-hydrogen) atoms. The van der Waals surface area contributed by atoms with Gasteiger partial charge in [-0.2, -0.15) is 4.98 Å². The average Bonchev–Trinajstić information content (AvgIpc) is 3.33. The highest BCUT2D eigenvalue weighted by Gasteiger charge is 2.11. The van der Waals surface area contributed by atoms with Crippen LogP contribution in [0.25, 0.3) is 10.9 Å². The Kier molecular flexibility index (Phi) is 4.57. The lowest BCUT2D eigenvalue weighted by Crippen LogP contribution is -2.12. The number of H-pyrrole nitrogens is 2. The van der Waals surface area contributed by atoms with E-state index >= 15 is 0 Å². The monoisotopic (exact) mass is 361 g/mol. The largest absolute Gasteiger partial charge is 0.497 e. The van der Waals surface area contributed by atoms with Gasteiger partial charge < -0.3 is 9.72 Å². The molecular weight excluding hydrogens is 342 g/mol. The summed E-state index contributed by atoms with van der Waals surface area (Å²) in [6.45, 7) is 0. The van der Waals surface area contributed by atoms with Gasteiger partial charge in [0.1, 0.15) is 11.6 Å². The molecule has 0 fully saturated rings. The van der Waals surface area contributed by atoms with Crippen molar-refractivity contribution in [1.82, 2.24) is 20.2 Å². The fraction of sp³-hybridized carbons (Fsp3) is 0.150. The first-order valence-electron chi connectivity index (χ1n) is 8.64. The number of ether oxygens (including phenoxy) is 1. The van der Waals surface area contributed by atoms with Crippen LogP contribution in [0.1, 0.15) is 21.7 Å². The number of amides is 1. The summed E-state index contributed by atoms with van der Waals surface area (Å²) >= 11 is 0. The SMILES string of the molecule is COc1ccc(C(=O)Nc2n[nH]c(CCc3c[nH]c4ccccc34)n2)cc1. The molecule has 0 aliphatic heterocycles. The molecule has 2 aromatic heterocycles. The topological polar surface area (TPSA) is 95.7 Å². The number of para-hydroxylation sites is 1. The van der Waals surface area contributed by atoms with E-state index in [2.05, 4.69) is 37.6 Å². The number of hydrogen-bond donors (Lipinski definition) is 3. The minimum absolute atomic E-state index is 0.264. The van der Waals surface area contributed by atoms with E-state index in [0.29, 0.717) is 17.7 Å². The maximum absolute atomic E-state index is 12.3. The molecule has 0 unspecified atom stereocenters. The Balaban J connectivity index is 1.38. The van der Waals surface area contributed by atoms with Crippen molar-refractivity contribution in [1.29, 1.82) is 0 Å². The molecule has 3 N–H and O–H groups in total. The van der Waals surface area contributed by atoms with Gasteiger partial charge in [0.05, 0.1) is 7.11 Å². The summed E-state index contributed by atoms with van der Waals surface area (Å²) in [5, 5.41) is 10.9. The second-order valence-corrected chi connectivity index (χ2v) is 6.15. The molecule has 0 aliphatic carbocycles. The van der Waals surface area contributed by atoms with Crippen LogP contribution in [-0.4, -0.2) is 33.2 Å². The van der Waals surface area contributed by atoms with Crippen LogP contribution < -0.4 is 10.1 Å². The maximum Gasteiger partial charge on any atom is 0.258 e. The quantitative estimate of drug-likeness (QED) is 0.491. The van der Waals surface area contributed by atoms with Gasteiger partial charge in [-0.05, 0) is 42.3 Å². The number of benzene rings is 2. The van der Waals surface area contributed by atoms with Gasteiger partial charge in [0.2, 0.25) is 5.95 Å². The van der Waals surface area contributed by atoms with Crippen LogP contribution in [0, 0.1) is 0 Å². The summed E-state index contributed by atoms with van der Waals surface area (Å²) < 4.78 is 5.09. The number of fused-ring (bicyclic) bond motifs is 1. The Hall–Kier alpha value is -3.61. The van der Waals surface area contributed by atoms with Crippen LogP contribution in [0.5, 0.6) is 5.75 Å². The zero-order valence-electron chi connectivity index (χ0n) is 14.8. The second kappa shape index (κ2) is 7.33. The van der Waals surface area contributed by atoms with Crippen LogP contribution in [0.2, 0.25) is 0 Å². The van der Waals surface area contributed by atoms with Crippen molar-refractivity contribution in [3.8, 4) is 5.75 Å². The minimum atomic E-state index is -0.264.